The summed E-state index contributed by atoms with van der Waals surface area (Å²) in [6, 6.07) is 17.9. The molecule has 7 heteroatoms. The summed E-state index contributed by atoms with van der Waals surface area (Å²) in [5, 5.41) is 12.9. The van der Waals surface area contributed by atoms with Gasteiger partial charge in [0, 0.05) is 23.1 Å². The Morgan fingerprint density at radius 3 is 2.79 bits per heavy atom. The Hall–Kier alpha value is -2.43. The Morgan fingerprint density at radius 1 is 1.25 bits per heavy atom. The molecule has 144 valence electrons. The number of rotatable bonds is 8. The molecule has 3 rings (SSSR count). The largest absolute Gasteiger partial charge is 0.324 e. The van der Waals surface area contributed by atoms with Gasteiger partial charge >= 0.3 is 0 Å². The fraction of sp³-hybridized carbons (Fsp3) is 0.286. The number of aromatic nitrogens is 2. The van der Waals surface area contributed by atoms with Crippen LogP contribution in [0.15, 0.2) is 58.6 Å². The van der Waals surface area contributed by atoms with Crippen molar-refractivity contribution in [3.8, 4) is 6.07 Å². The van der Waals surface area contributed by atoms with Crippen LogP contribution in [-0.2, 0) is 11.3 Å². The van der Waals surface area contributed by atoms with E-state index in [9.17, 15) is 4.79 Å². The van der Waals surface area contributed by atoms with Crippen molar-refractivity contribution in [3.63, 3.8) is 0 Å². The second kappa shape index (κ2) is 9.67. The number of nitriles is 1. The fourth-order valence-electron chi connectivity index (χ4n) is 2.85. The summed E-state index contributed by atoms with van der Waals surface area (Å²) < 4.78 is 2.13. The van der Waals surface area contributed by atoms with E-state index in [2.05, 4.69) is 27.9 Å². The average molecular weight is 411 g/mol. The molecule has 2 aromatic carbocycles. The molecule has 5 nitrogen and oxygen atoms in total. The minimum Gasteiger partial charge on any atom is -0.324 e. The lowest BCUT2D eigenvalue weighted by Crippen LogP contribution is -2.15. The topological polar surface area (TPSA) is 70.7 Å². The maximum Gasteiger partial charge on any atom is 0.234 e. The first-order valence-electron chi connectivity index (χ1n) is 9.13. The van der Waals surface area contributed by atoms with Crippen molar-refractivity contribution in [3.05, 3.63) is 48.5 Å². The first kappa shape index (κ1) is 20.3. The summed E-state index contributed by atoms with van der Waals surface area (Å²) in [6.07, 6.45) is 0.468. The van der Waals surface area contributed by atoms with Crippen molar-refractivity contribution in [2.45, 2.75) is 42.1 Å². The van der Waals surface area contributed by atoms with E-state index in [1.807, 2.05) is 55.5 Å². The molecule has 0 radical (unpaired) electrons. The third-order valence-corrected chi connectivity index (χ3v) is 6.29. The van der Waals surface area contributed by atoms with E-state index < -0.39 is 0 Å². The van der Waals surface area contributed by atoms with E-state index in [0.29, 0.717) is 6.42 Å². The number of para-hydroxylation sites is 3. The smallest absolute Gasteiger partial charge is 0.234 e. The van der Waals surface area contributed by atoms with Crippen molar-refractivity contribution < 1.29 is 4.79 Å². The molecule has 0 fully saturated rings. The van der Waals surface area contributed by atoms with Gasteiger partial charge in [0.1, 0.15) is 0 Å². The van der Waals surface area contributed by atoms with Crippen LogP contribution in [0, 0.1) is 11.3 Å². The third-order valence-electron chi connectivity index (χ3n) is 4.14. The fourth-order valence-corrected chi connectivity index (χ4v) is 4.72. The molecule has 0 bridgehead atoms. The minimum absolute atomic E-state index is 0.0688. The molecular formula is C21H22N4OS2. The molecule has 0 saturated heterocycles. The number of nitrogens with zero attached hydrogens (tertiary/aromatic N) is 3. The number of amides is 1. The lowest BCUT2D eigenvalue weighted by molar-refractivity contribution is -0.113. The van der Waals surface area contributed by atoms with E-state index in [1.165, 1.54) is 11.8 Å². The highest BCUT2D eigenvalue weighted by molar-refractivity contribution is 8.00. The first-order valence-corrected chi connectivity index (χ1v) is 11.0. The van der Waals surface area contributed by atoms with Crippen LogP contribution in [0.3, 0.4) is 0 Å². The highest BCUT2D eigenvalue weighted by Gasteiger charge is 2.14. The summed E-state index contributed by atoms with van der Waals surface area (Å²) in [4.78, 5) is 18.2. The zero-order chi connectivity index (χ0) is 19.9. The molecule has 1 N–H and O–H groups in total. The second-order valence-electron chi connectivity index (χ2n) is 6.25. The summed E-state index contributed by atoms with van der Waals surface area (Å²) >= 11 is 3.04. The van der Waals surface area contributed by atoms with Crippen LogP contribution in [0.4, 0.5) is 5.69 Å². The molecular weight excluding hydrogens is 388 g/mol. The summed E-state index contributed by atoms with van der Waals surface area (Å²) in [7, 11) is 0. The molecule has 0 aliphatic rings. The Balaban J connectivity index is 1.66. The Kier molecular flexibility index (Phi) is 7.01. The first-order chi connectivity index (χ1) is 13.6. The van der Waals surface area contributed by atoms with Crippen molar-refractivity contribution in [1.82, 2.24) is 9.55 Å². The van der Waals surface area contributed by atoms with E-state index in [4.69, 9.17) is 5.26 Å². The molecule has 0 aliphatic carbocycles. The summed E-state index contributed by atoms with van der Waals surface area (Å²) in [5.41, 5.74) is 2.81. The predicted molar refractivity (Wildman–Crippen MR) is 117 cm³/mol. The van der Waals surface area contributed by atoms with Gasteiger partial charge in [0.25, 0.3) is 0 Å². The molecule has 1 atom stereocenters. The summed E-state index contributed by atoms with van der Waals surface area (Å²) in [5.74, 6) is 0.219. The highest BCUT2D eigenvalue weighted by atomic mass is 32.2. The maximum absolute atomic E-state index is 12.5. The van der Waals surface area contributed by atoms with Gasteiger partial charge in [-0.3, -0.25) is 4.79 Å². The number of thioether (sulfide) groups is 2. The number of benzene rings is 2. The zero-order valence-corrected chi connectivity index (χ0v) is 17.5. The van der Waals surface area contributed by atoms with Crippen LogP contribution in [0.2, 0.25) is 0 Å². The number of imidazole rings is 1. The van der Waals surface area contributed by atoms with Crippen LogP contribution in [0.1, 0.15) is 20.3 Å². The van der Waals surface area contributed by atoms with Gasteiger partial charge in [-0.1, -0.05) is 43.0 Å². The zero-order valence-electron chi connectivity index (χ0n) is 15.9. The third kappa shape index (κ3) is 4.89. The normalized spacial score (nSPS) is 11.9. The van der Waals surface area contributed by atoms with Gasteiger partial charge in [-0.25, -0.2) is 4.98 Å². The Labute approximate surface area is 173 Å². The highest BCUT2D eigenvalue weighted by Crippen LogP contribution is 2.32. The number of fused-ring (bicyclic) bond motifs is 1. The van der Waals surface area contributed by atoms with Gasteiger partial charge in [-0.2, -0.15) is 5.26 Å². The predicted octanol–water partition coefficient (Wildman–Crippen LogP) is 5.18. The number of hydrogen-bond acceptors (Lipinski definition) is 5. The van der Waals surface area contributed by atoms with Gasteiger partial charge in [0.2, 0.25) is 5.91 Å². The lowest BCUT2D eigenvalue weighted by Gasteiger charge is -2.13. The lowest BCUT2D eigenvalue weighted by atomic mass is 10.3. The van der Waals surface area contributed by atoms with Crippen molar-refractivity contribution in [2.75, 3.05) is 11.1 Å². The summed E-state index contributed by atoms with van der Waals surface area (Å²) in [6.45, 7) is 4.90. The van der Waals surface area contributed by atoms with Crippen LogP contribution < -0.4 is 5.32 Å². The van der Waals surface area contributed by atoms with Crippen LogP contribution in [-0.4, -0.2) is 26.5 Å². The number of hydrogen-bond donors (Lipinski definition) is 1. The Morgan fingerprint density at radius 2 is 2.00 bits per heavy atom. The van der Waals surface area contributed by atoms with Crippen LogP contribution >= 0.6 is 23.5 Å². The quantitative estimate of drug-likeness (QED) is 0.518. The maximum atomic E-state index is 12.5. The average Bonchev–Trinajstić information content (AvgIpc) is 3.05. The standard InChI is InChI=1S/C21H22N4OS2/c1-3-25-18-10-6-4-8-16(18)24-21(25)27-14-20(26)23-17-9-5-7-11-19(17)28-15(2)12-13-22/h4-11,15H,3,12,14H2,1-2H3,(H,23,26). The molecule has 0 saturated carbocycles. The molecule has 1 aromatic heterocycles. The molecule has 0 spiro atoms. The van der Waals surface area contributed by atoms with Crippen molar-refractivity contribution in [1.29, 1.82) is 5.26 Å². The van der Waals surface area contributed by atoms with Crippen LogP contribution in [0.25, 0.3) is 11.0 Å². The van der Waals surface area contributed by atoms with Gasteiger partial charge < -0.3 is 9.88 Å². The van der Waals surface area contributed by atoms with Crippen molar-refractivity contribution >= 4 is 46.2 Å². The van der Waals surface area contributed by atoms with E-state index >= 15 is 0 Å². The number of nitrogens with one attached hydrogen (secondary N) is 1. The second-order valence-corrected chi connectivity index (χ2v) is 8.67. The minimum atomic E-state index is -0.0688. The van der Waals surface area contributed by atoms with Crippen LogP contribution in [0.5, 0.6) is 0 Å². The van der Waals surface area contributed by atoms with Gasteiger partial charge in [-0.15, -0.1) is 11.8 Å². The number of anilines is 1. The van der Waals surface area contributed by atoms with Crippen molar-refractivity contribution in [2.24, 2.45) is 0 Å². The van der Waals surface area contributed by atoms with Gasteiger partial charge in [0.15, 0.2) is 5.16 Å². The number of aryl methyl sites for hydroxylation is 1. The van der Waals surface area contributed by atoms with Gasteiger partial charge in [-0.05, 0) is 31.2 Å². The molecule has 1 amide bonds. The number of carbonyl (C=O) groups excluding carboxylic acids is 1. The monoisotopic (exact) mass is 410 g/mol. The van der Waals surface area contributed by atoms with E-state index in [0.717, 1.165) is 33.3 Å². The molecule has 3 aromatic rings. The SMILES string of the molecule is CCn1c(SCC(=O)Nc2ccccc2SC(C)CC#N)nc2ccccc21. The van der Waals surface area contributed by atoms with E-state index in [1.54, 1.807) is 11.8 Å². The molecule has 1 heterocycles. The molecule has 0 aliphatic heterocycles. The Bertz CT molecular complexity index is 1010. The van der Waals surface area contributed by atoms with Gasteiger partial charge in [0.05, 0.1) is 28.5 Å². The number of carbonyl (C=O) groups is 1. The van der Waals surface area contributed by atoms with E-state index in [-0.39, 0.29) is 16.9 Å². The molecule has 28 heavy (non-hydrogen) atoms. The molecule has 1 unspecified atom stereocenters.